The Kier molecular flexibility index (Phi) is 3.00. The number of benzene rings is 4. The topological polar surface area (TPSA) is 4.93 Å². The lowest BCUT2D eigenvalue weighted by Gasteiger charge is -2.12. The molecule has 0 atom stereocenters. The Bertz CT molecular complexity index is 1210. The van der Waals surface area contributed by atoms with E-state index < -0.39 is 0 Å². The lowest BCUT2D eigenvalue weighted by molar-refractivity contribution is 1.15. The van der Waals surface area contributed by atoms with E-state index in [1.165, 1.54) is 38.1 Å². The maximum Gasteiger partial charge on any atom is 0.0607 e. The predicted octanol–water partition coefficient (Wildman–Crippen LogP) is 6.70. The lowest BCUT2D eigenvalue weighted by Crippen LogP contribution is -1.94. The summed E-state index contributed by atoms with van der Waals surface area (Å²) in [5.41, 5.74) is 2.47. The smallest absolute Gasteiger partial charge is 0.0607 e. The molecule has 2 heteroatoms. The summed E-state index contributed by atoms with van der Waals surface area (Å²) in [6.07, 6.45) is 2.17. The van der Waals surface area contributed by atoms with E-state index >= 15 is 0 Å². The van der Waals surface area contributed by atoms with E-state index in [9.17, 15) is 0 Å². The van der Waals surface area contributed by atoms with Crippen molar-refractivity contribution < 1.29 is 0 Å². The summed E-state index contributed by atoms with van der Waals surface area (Å²) in [5.74, 6) is 0. The molecule has 0 saturated heterocycles. The number of nitrogens with zero attached hydrogens (tertiary/aromatic N) is 1. The molecule has 0 radical (unpaired) electrons. The zero-order valence-electron chi connectivity index (χ0n) is 12.9. The SMILES string of the molecule is Brc1cc2ccn(-c3cccc4ccccc34)c2c2ccccc12. The van der Waals surface area contributed by atoms with Crippen LogP contribution in [0.25, 0.3) is 38.1 Å². The van der Waals surface area contributed by atoms with E-state index in [0.717, 1.165) is 4.47 Å². The maximum atomic E-state index is 3.71. The van der Waals surface area contributed by atoms with Gasteiger partial charge >= 0.3 is 0 Å². The fourth-order valence-electron chi connectivity index (χ4n) is 3.58. The quantitative estimate of drug-likeness (QED) is 0.309. The minimum Gasteiger partial charge on any atom is -0.315 e. The van der Waals surface area contributed by atoms with E-state index in [1.807, 2.05) is 0 Å². The van der Waals surface area contributed by atoms with Crippen molar-refractivity contribution in [3.05, 3.63) is 89.5 Å². The summed E-state index contributed by atoms with van der Waals surface area (Å²) in [7, 11) is 0. The molecule has 1 heterocycles. The molecule has 0 aliphatic heterocycles. The first kappa shape index (κ1) is 13.8. The minimum atomic E-state index is 1.14. The van der Waals surface area contributed by atoms with E-state index in [1.54, 1.807) is 0 Å². The molecular weight excluding hydrogens is 358 g/mol. The van der Waals surface area contributed by atoms with Gasteiger partial charge in [-0.25, -0.2) is 0 Å². The molecule has 0 N–H and O–H groups in total. The Morgan fingerprint density at radius 1 is 0.625 bits per heavy atom. The number of rotatable bonds is 1. The molecule has 0 aliphatic carbocycles. The van der Waals surface area contributed by atoms with E-state index in [0.29, 0.717) is 0 Å². The number of hydrogen-bond acceptors (Lipinski definition) is 0. The van der Waals surface area contributed by atoms with Crippen LogP contribution < -0.4 is 0 Å². The van der Waals surface area contributed by atoms with Gasteiger partial charge in [-0.05, 0) is 29.0 Å². The van der Waals surface area contributed by atoms with Crippen molar-refractivity contribution in [2.45, 2.75) is 0 Å². The molecule has 1 nitrogen and oxygen atoms in total. The molecule has 1 aromatic heterocycles. The third-order valence-corrected chi connectivity index (χ3v) is 5.32. The number of fused-ring (bicyclic) bond motifs is 4. The van der Waals surface area contributed by atoms with Gasteiger partial charge in [-0.2, -0.15) is 0 Å². The van der Waals surface area contributed by atoms with Gasteiger partial charge in [0.2, 0.25) is 0 Å². The standard InChI is InChI=1S/C22H14BrN/c23-20-14-16-12-13-24(22(16)19-10-4-3-9-18(19)20)21-11-5-7-15-6-1-2-8-17(15)21/h1-14H. The van der Waals surface area contributed by atoms with Crippen molar-refractivity contribution >= 4 is 48.4 Å². The van der Waals surface area contributed by atoms with Crippen LogP contribution >= 0.6 is 15.9 Å². The monoisotopic (exact) mass is 371 g/mol. The van der Waals surface area contributed by atoms with Gasteiger partial charge in [0.1, 0.15) is 0 Å². The predicted molar refractivity (Wildman–Crippen MR) is 106 cm³/mol. The van der Waals surface area contributed by atoms with Crippen LogP contribution in [-0.4, -0.2) is 4.57 Å². The van der Waals surface area contributed by atoms with Crippen molar-refractivity contribution in [3.8, 4) is 5.69 Å². The van der Waals surface area contributed by atoms with Crippen molar-refractivity contribution in [1.82, 2.24) is 4.57 Å². The second-order valence-electron chi connectivity index (χ2n) is 6.03. The molecular formula is C22H14BrN. The van der Waals surface area contributed by atoms with Gasteiger partial charge in [-0.3, -0.25) is 0 Å². The van der Waals surface area contributed by atoms with Gasteiger partial charge < -0.3 is 4.57 Å². The van der Waals surface area contributed by atoms with Crippen LogP contribution in [0.4, 0.5) is 0 Å². The van der Waals surface area contributed by atoms with Crippen molar-refractivity contribution in [3.63, 3.8) is 0 Å². The number of aromatic nitrogens is 1. The minimum absolute atomic E-state index is 1.14. The molecule has 0 bridgehead atoms. The van der Waals surface area contributed by atoms with Crippen LogP contribution in [0.3, 0.4) is 0 Å². The molecule has 0 spiro atoms. The van der Waals surface area contributed by atoms with E-state index in [4.69, 9.17) is 0 Å². The molecule has 114 valence electrons. The maximum absolute atomic E-state index is 3.71. The van der Waals surface area contributed by atoms with Gasteiger partial charge in [0.15, 0.2) is 0 Å². The number of halogens is 1. The first-order chi connectivity index (χ1) is 11.8. The molecule has 4 aromatic carbocycles. The Morgan fingerprint density at radius 2 is 1.33 bits per heavy atom. The van der Waals surface area contributed by atoms with Crippen molar-refractivity contribution in [2.75, 3.05) is 0 Å². The normalized spacial score (nSPS) is 11.5. The number of hydrogen-bond donors (Lipinski definition) is 0. The molecule has 5 aromatic rings. The molecule has 24 heavy (non-hydrogen) atoms. The molecule has 0 aliphatic rings. The largest absolute Gasteiger partial charge is 0.315 e. The second kappa shape index (κ2) is 5.22. The molecule has 0 fully saturated rings. The van der Waals surface area contributed by atoms with Gasteiger partial charge in [0.05, 0.1) is 11.2 Å². The highest BCUT2D eigenvalue weighted by molar-refractivity contribution is 9.10. The third-order valence-electron chi connectivity index (χ3n) is 4.67. The van der Waals surface area contributed by atoms with E-state index in [-0.39, 0.29) is 0 Å². The Morgan fingerprint density at radius 3 is 2.21 bits per heavy atom. The van der Waals surface area contributed by atoms with Gasteiger partial charge in [0.25, 0.3) is 0 Å². The zero-order valence-corrected chi connectivity index (χ0v) is 14.5. The first-order valence-electron chi connectivity index (χ1n) is 7.99. The van der Waals surface area contributed by atoms with Gasteiger partial charge in [-0.15, -0.1) is 0 Å². The van der Waals surface area contributed by atoms with Crippen LogP contribution in [0.5, 0.6) is 0 Å². The van der Waals surface area contributed by atoms with E-state index in [2.05, 4.69) is 106 Å². The summed E-state index contributed by atoms with van der Waals surface area (Å²) in [4.78, 5) is 0. The van der Waals surface area contributed by atoms with Gasteiger partial charge in [-0.1, -0.05) is 76.6 Å². The van der Waals surface area contributed by atoms with Crippen LogP contribution in [-0.2, 0) is 0 Å². The Hall–Kier alpha value is -2.58. The summed E-state index contributed by atoms with van der Waals surface area (Å²) < 4.78 is 3.45. The summed E-state index contributed by atoms with van der Waals surface area (Å²) in [6.45, 7) is 0. The third kappa shape index (κ3) is 1.93. The Labute approximate surface area is 148 Å². The lowest BCUT2D eigenvalue weighted by atomic mass is 10.1. The highest BCUT2D eigenvalue weighted by Crippen LogP contribution is 2.35. The fourth-order valence-corrected chi connectivity index (χ4v) is 4.17. The zero-order chi connectivity index (χ0) is 16.1. The van der Waals surface area contributed by atoms with Crippen molar-refractivity contribution in [2.24, 2.45) is 0 Å². The molecule has 0 unspecified atom stereocenters. The average molecular weight is 372 g/mol. The molecule has 5 rings (SSSR count). The second-order valence-corrected chi connectivity index (χ2v) is 6.88. The van der Waals surface area contributed by atoms with Crippen LogP contribution in [0.2, 0.25) is 0 Å². The van der Waals surface area contributed by atoms with Crippen molar-refractivity contribution in [1.29, 1.82) is 0 Å². The van der Waals surface area contributed by atoms with Crippen LogP contribution in [0.1, 0.15) is 0 Å². The summed E-state index contributed by atoms with van der Waals surface area (Å²) in [5, 5.41) is 6.28. The average Bonchev–Trinajstić information content (AvgIpc) is 3.05. The van der Waals surface area contributed by atoms with Crippen LogP contribution in [0, 0.1) is 0 Å². The fraction of sp³-hybridized carbons (Fsp3) is 0. The molecule has 0 saturated carbocycles. The Balaban J connectivity index is 1.96. The summed E-state index contributed by atoms with van der Waals surface area (Å²) in [6, 6.07) is 28.0. The highest BCUT2D eigenvalue weighted by Gasteiger charge is 2.11. The summed E-state index contributed by atoms with van der Waals surface area (Å²) >= 11 is 3.71. The highest BCUT2D eigenvalue weighted by atomic mass is 79.9. The van der Waals surface area contributed by atoms with Gasteiger partial charge in [0, 0.05) is 26.8 Å². The van der Waals surface area contributed by atoms with Crippen LogP contribution in [0.15, 0.2) is 89.5 Å². The molecule has 0 amide bonds. The first-order valence-corrected chi connectivity index (χ1v) is 8.79.